The molecule has 7 heteroatoms. The minimum atomic E-state index is -0.353. The molecule has 2 aromatic carbocycles. The highest BCUT2D eigenvalue weighted by Crippen LogP contribution is 2.26. The quantitative estimate of drug-likeness (QED) is 0.443. The minimum Gasteiger partial charge on any atom is -0.356 e. The van der Waals surface area contributed by atoms with E-state index in [9.17, 15) is 19.2 Å². The van der Waals surface area contributed by atoms with E-state index in [0.717, 1.165) is 24.8 Å². The molecule has 1 N–H and O–H groups in total. The lowest BCUT2D eigenvalue weighted by Crippen LogP contribution is -2.43. The van der Waals surface area contributed by atoms with Gasteiger partial charge in [-0.1, -0.05) is 50.1 Å². The maximum Gasteiger partial charge on any atom is 0.261 e. The first kappa shape index (κ1) is 24.6. The topological polar surface area (TPSA) is 86.8 Å². The molecule has 0 unspecified atom stereocenters. The second kappa shape index (κ2) is 11.3. The van der Waals surface area contributed by atoms with Crippen molar-refractivity contribution in [3.8, 4) is 0 Å². The fourth-order valence-electron chi connectivity index (χ4n) is 4.77. The first-order chi connectivity index (χ1) is 17.0. The number of unbranched alkanes of at least 4 members (excludes halogenated alkanes) is 2. The van der Waals surface area contributed by atoms with Crippen LogP contribution in [0.1, 0.15) is 75.7 Å². The minimum absolute atomic E-state index is 0.0712. The largest absolute Gasteiger partial charge is 0.356 e. The van der Waals surface area contributed by atoms with Gasteiger partial charge < -0.3 is 10.2 Å². The van der Waals surface area contributed by atoms with Crippen molar-refractivity contribution in [1.29, 1.82) is 0 Å². The number of piperidine rings is 1. The van der Waals surface area contributed by atoms with Gasteiger partial charge in [-0.2, -0.15) is 0 Å². The van der Waals surface area contributed by atoms with Crippen LogP contribution in [0.2, 0.25) is 0 Å². The second-order valence-corrected chi connectivity index (χ2v) is 9.32. The molecule has 0 spiro atoms. The molecule has 0 bridgehead atoms. The highest BCUT2D eigenvalue weighted by Gasteiger charge is 2.36. The fraction of sp³-hybridized carbons (Fsp3) is 0.429. The predicted molar refractivity (Wildman–Crippen MR) is 133 cm³/mol. The standard InChI is InChI=1S/C28H33N3O4/c1-2-3-7-15-29-25(32)21-13-16-30(17-14-21)26(33)22-10-11-23-24(19-22)28(35)31(27(23)34)18-12-20-8-5-4-6-9-20/h4-6,8-11,19,21H,2-3,7,12-18H2,1H3,(H,29,32). The van der Waals surface area contributed by atoms with Crippen molar-refractivity contribution in [1.82, 2.24) is 15.1 Å². The third kappa shape index (κ3) is 5.61. The van der Waals surface area contributed by atoms with Crippen LogP contribution in [-0.2, 0) is 11.2 Å². The molecule has 7 nitrogen and oxygen atoms in total. The van der Waals surface area contributed by atoms with Crippen LogP contribution in [0.4, 0.5) is 0 Å². The summed E-state index contributed by atoms with van der Waals surface area (Å²) in [6.45, 7) is 4.13. The number of benzene rings is 2. The molecule has 2 aliphatic rings. The number of hydrogen-bond acceptors (Lipinski definition) is 4. The molecule has 2 aromatic rings. The third-order valence-corrected chi connectivity index (χ3v) is 6.92. The average Bonchev–Trinajstić information content (AvgIpc) is 3.14. The van der Waals surface area contributed by atoms with E-state index in [1.54, 1.807) is 23.1 Å². The van der Waals surface area contributed by atoms with E-state index in [0.29, 0.717) is 56.6 Å². The molecule has 0 aliphatic carbocycles. The zero-order valence-corrected chi connectivity index (χ0v) is 20.3. The number of imide groups is 1. The number of likely N-dealkylation sites (tertiary alicyclic amines) is 1. The van der Waals surface area contributed by atoms with Gasteiger partial charge in [0.15, 0.2) is 0 Å². The summed E-state index contributed by atoms with van der Waals surface area (Å²) in [6, 6.07) is 14.5. The molecule has 4 rings (SSSR count). The molecule has 0 saturated carbocycles. The summed E-state index contributed by atoms with van der Waals surface area (Å²) in [4.78, 5) is 54.3. The first-order valence-corrected chi connectivity index (χ1v) is 12.6. The lowest BCUT2D eigenvalue weighted by atomic mass is 9.95. The van der Waals surface area contributed by atoms with Gasteiger partial charge in [0.05, 0.1) is 11.1 Å². The Morgan fingerprint density at radius 1 is 0.943 bits per heavy atom. The van der Waals surface area contributed by atoms with Gasteiger partial charge in [0.1, 0.15) is 0 Å². The Labute approximate surface area is 206 Å². The maximum atomic E-state index is 13.1. The number of rotatable bonds is 9. The average molecular weight is 476 g/mol. The predicted octanol–water partition coefficient (Wildman–Crippen LogP) is 3.68. The zero-order valence-electron chi connectivity index (χ0n) is 20.3. The highest BCUT2D eigenvalue weighted by molar-refractivity contribution is 6.22. The van der Waals surface area contributed by atoms with Crippen molar-refractivity contribution in [3.63, 3.8) is 0 Å². The number of nitrogens with one attached hydrogen (secondary N) is 1. The lowest BCUT2D eigenvalue weighted by molar-refractivity contribution is -0.126. The van der Waals surface area contributed by atoms with Gasteiger partial charge in [0.25, 0.3) is 17.7 Å². The van der Waals surface area contributed by atoms with E-state index in [4.69, 9.17) is 0 Å². The molecular weight excluding hydrogens is 442 g/mol. The zero-order chi connectivity index (χ0) is 24.8. The molecule has 0 radical (unpaired) electrons. The van der Waals surface area contributed by atoms with Crippen molar-refractivity contribution in [2.45, 2.75) is 45.4 Å². The second-order valence-electron chi connectivity index (χ2n) is 9.32. The van der Waals surface area contributed by atoms with Gasteiger partial charge in [-0.05, 0) is 49.4 Å². The fourth-order valence-corrected chi connectivity index (χ4v) is 4.77. The van der Waals surface area contributed by atoms with E-state index in [1.807, 2.05) is 30.3 Å². The van der Waals surface area contributed by atoms with Crippen LogP contribution < -0.4 is 5.32 Å². The van der Waals surface area contributed by atoms with Crippen molar-refractivity contribution >= 4 is 23.6 Å². The molecule has 0 atom stereocenters. The summed E-state index contributed by atoms with van der Waals surface area (Å²) >= 11 is 0. The molecule has 4 amide bonds. The highest BCUT2D eigenvalue weighted by atomic mass is 16.2. The van der Waals surface area contributed by atoms with Crippen LogP contribution in [0.15, 0.2) is 48.5 Å². The summed E-state index contributed by atoms with van der Waals surface area (Å²) < 4.78 is 0. The summed E-state index contributed by atoms with van der Waals surface area (Å²) in [6.07, 6.45) is 5.04. The van der Waals surface area contributed by atoms with Crippen molar-refractivity contribution in [2.24, 2.45) is 5.92 Å². The molecule has 1 saturated heterocycles. The normalized spacial score (nSPS) is 15.9. The Hall–Kier alpha value is -3.48. The monoisotopic (exact) mass is 475 g/mol. The smallest absolute Gasteiger partial charge is 0.261 e. The van der Waals surface area contributed by atoms with Crippen molar-refractivity contribution in [3.05, 3.63) is 70.8 Å². The number of amides is 4. The van der Waals surface area contributed by atoms with Crippen LogP contribution >= 0.6 is 0 Å². The molecule has 2 aliphatic heterocycles. The van der Waals surface area contributed by atoms with Gasteiger partial charge in [-0.3, -0.25) is 24.1 Å². The van der Waals surface area contributed by atoms with Gasteiger partial charge in [-0.15, -0.1) is 0 Å². The molecule has 2 heterocycles. The lowest BCUT2D eigenvalue weighted by Gasteiger charge is -2.31. The van der Waals surface area contributed by atoms with E-state index in [2.05, 4.69) is 12.2 Å². The van der Waals surface area contributed by atoms with E-state index >= 15 is 0 Å². The van der Waals surface area contributed by atoms with E-state index in [-0.39, 0.29) is 35.1 Å². The summed E-state index contributed by atoms with van der Waals surface area (Å²) in [5.74, 6) is -0.833. The number of fused-ring (bicyclic) bond motifs is 1. The SMILES string of the molecule is CCCCCNC(=O)C1CCN(C(=O)c2ccc3c(c2)C(=O)N(CCc2ccccc2)C3=O)CC1. The van der Waals surface area contributed by atoms with Crippen molar-refractivity contribution in [2.75, 3.05) is 26.2 Å². The van der Waals surface area contributed by atoms with Crippen LogP contribution in [0, 0.1) is 5.92 Å². The third-order valence-electron chi connectivity index (χ3n) is 6.92. The maximum absolute atomic E-state index is 13.1. The number of nitrogens with zero attached hydrogens (tertiary/aromatic N) is 2. The molecule has 0 aromatic heterocycles. The van der Waals surface area contributed by atoms with Gasteiger partial charge in [-0.25, -0.2) is 0 Å². The van der Waals surface area contributed by atoms with Gasteiger partial charge >= 0.3 is 0 Å². The Morgan fingerprint density at radius 3 is 2.37 bits per heavy atom. The number of carbonyl (C=O) groups is 4. The number of carbonyl (C=O) groups excluding carboxylic acids is 4. The summed E-state index contributed by atoms with van der Waals surface area (Å²) in [7, 11) is 0. The van der Waals surface area contributed by atoms with E-state index in [1.165, 1.54) is 4.90 Å². The van der Waals surface area contributed by atoms with Crippen LogP contribution in [0.5, 0.6) is 0 Å². The Kier molecular flexibility index (Phi) is 7.95. The Bertz CT molecular complexity index is 1090. The van der Waals surface area contributed by atoms with Crippen LogP contribution in [0.25, 0.3) is 0 Å². The number of hydrogen-bond donors (Lipinski definition) is 1. The molecule has 1 fully saturated rings. The van der Waals surface area contributed by atoms with Gasteiger partial charge in [0.2, 0.25) is 5.91 Å². The van der Waals surface area contributed by atoms with Gasteiger partial charge in [0, 0.05) is 37.7 Å². The Balaban J connectivity index is 1.34. The van der Waals surface area contributed by atoms with Crippen LogP contribution in [-0.4, -0.2) is 59.6 Å². The molecular formula is C28H33N3O4. The van der Waals surface area contributed by atoms with Crippen LogP contribution in [0.3, 0.4) is 0 Å². The Morgan fingerprint density at radius 2 is 1.66 bits per heavy atom. The molecule has 184 valence electrons. The summed E-state index contributed by atoms with van der Waals surface area (Å²) in [5, 5.41) is 3.01. The van der Waals surface area contributed by atoms with E-state index < -0.39 is 0 Å². The first-order valence-electron chi connectivity index (χ1n) is 12.6. The summed E-state index contributed by atoms with van der Waals surface area (Å²) in [5.41, 5.74) is 2.09. The molecule has 35 heavy (non-hydrogen) atoms. The van der Waals surface area contributed by atoms with Crippen molar-refractivity contribution < 1.29 is 19.2 Å².